The van der Waals surface area contributed by atoms with Gasteiger partial charge in [-0.1, -0.05) is 6.07 Å². The Morgan fingerprint density at radius 3 is 2.76 bits per heavy atom. The van der Waals surface area contributed by atoms with Crippen LogP contribution in [0.25, 0.3) is 0 Å². The number of fused-ring (bicyclic) bond motifs is 1. The molecule has 0 saturated heterocycles. The van der Waals surface area contributed by atoms with Gasteiger partial charge in [-0.2, -0.15) is 0 Å². The molecule has 0 radical (unpaired) electrons. The van der Waals surface area contributed by atoms with Crippen LogP contribution >= 0.6 is 0 Å². The van der Waals surface area contributed by atoms with E-state index in [1.54, 1.807) is 0 Å². The molecule has 0 amide bonds. The van der Waals surface area contributed by atoms with Gasteiger partial charge < -0.3 is 14.8 Å². The highest BCUT2D eigenvalue weighted by Gasteiger charge is 2.11. The van der Waals surface area contributed by atoms with Gasteiger partial charge in [-0.05, 0) is 44.0 Å². The van der Waals surface area contributed by atoms with E-state index in [1.807, 2.05) is 0 Å². The lowest BCUT2D eigenvalue weighted by atomic mass is 10.1. The molecule has 0 aromatic heterocycles. The molecule has 1 aliphatic rings. The van der Waals surface area contributed by atoms with Crippen molar-refractivity contribution >= 4 is 5.69 Å². The number of hydrogen-bond donors (Lipinski definition) is 1. The number of rotatable bonds is 4. The van der Waals surface area contributed by atoms with E-state index in [1.165, 1.54) is 11.1 Å². The highest BCUT2D eigenvalue weighted by molar-refractivity contribution is 5.49. The molecule has 0 atom stereocenters. The Hall–Kier alpha value is -1.06. The Labute approximate surface area is 103 Å². The van der Waals surface area contributed by atoms with Crippen molar-refractivity contribution in [2.24, 2.45) is 0 Å². The summed E-state index contributed by atoms with van der Waals surface area (Å²) in [4.78, 5) is 0. The van der Waals surface area contributed by atoms with Crippen molar-refractivity contribution in [1.82, 2.24) is 0 Å². The molecule has 0 saturated carbocycles. The zero-order valence-electron chi connectivity index (χ0n) is 10.9. The molecular weight excluding hydrogens is 214 g/mol. The first-order valence-electron chi connectivity index (χ1n) is 6.12. The van der Waals surface area contributed by atoms with E-state index in [9.17, 15) is 0 Å². The summed E-state index contributed by atoms with van der Waals surface area (Å²) < 4.78 is 11.0. The van der Waals surface area contributed by atoms with Gasteiger partial charge in [0.05, 0.1) is 25.4 Å². The highest BCUT2D eigenvalue weighted by atomic mass is 16.5. The molecular formula is C14H21NO2. The summed E-state index contributed by atoms with van der Waals surface area (Å²) in [7, 11) is 0. The average molecular weight is 235 g/mol. The molecule has 0 unspecified atom stereocenters. The number of hydrogen-bond acceptors (Lipinski definition) is 3. The van der Waals surface area contributed by atoms with Crippen LogP contribution in [-0.2, 0) is 22.7 Å². The first-order chi connectivity index (χ1) is 8.04. The second-order valence-electron chi connectivity index (χ2n) is 5.36. The number of nitrogens with one attached hydrogen (secondary N) is 1. The minimum absolute atomic E-state index is 0.0620. The van der Waals surface area contributed by atoms with Crippen LogP contribution in [-0.4, -0.2) is 18.8 Å². The fraction of sp³-hybridized carbons (Fsp3) is 0.571. The minimum atomic E-state index is -0.0620. The Bertz CT molecular complexity index is 382. The smallest absolute Gasteiger partial charge is 0.0725 e. The van der Waals surface area contributed by atoms with E-state index in [4.69, 9.17) is 9.47 Å². The van der Waals surface area contributed by atoms with Crippen molar-refractivity contribution in [3.63, 3.8) is 0 Å². The Morgan fingerprint density at radius 1 is 1.24 bits per heavy atom. The van der Waals surface area contributed by atoms with Crippen LogP contribution in [0.1, 0.15) is 31.9 Å². The van der Waals surface area contributed by atoms with Gasteiger partial charge in [0.25, 0.3) is 0 Å². The molecule has 94 valence electrons. The summed E-state index contributed by atoms with van der Waals surface area (Å²) in [5.41, 5.74) is 3.69. The SMILES string of the molecule is CC(C)(C)OCCNc1ccc2c(c1)COC2. The summed E-state index contributed by atoms with van der Waals surface area (Å²) in [5.74, 6) is 0. The highest BCUT2D eigenvalue weighted by Crippen LogP contribution is 2.23. The van der Waals surface area contributed by atoms with Crippen molar-refractivity contribution in [2.45, 2.75) is 39.6 Å². The first-order valence-corrected chi connectivity index (χ1v) is 6.12. The lowest BCUT2D eigenvalue weighted by molar-refractivity contribution is 0.00333. The van der Waals surface area contributed by atoms with Crippen LogP contribution in [0, 0.1) is 0 Å². The Kier molecular flexibility index (Phi) is 3.69. The third kappa shape index (κ3) is 3.72. The van der Waals surface area contributed by atoms with E-state index in [0.717, 1.165) is 32.1 Å². The van der Waals surface area contributed by atoms with Gasteiger partial charge in [0.15, 0.2) is 0 Å². The molecule has 2 rings (SSSR count). The maximum atomic E-state index is 5.66. The molecule has 1 N–H and O–H groups in total. The molecule has 1 heterocycles. The van der Waals surface area contributed by atoms with Crippen molar-refractivity contribution in [3.05, 3.63) is 29.3 Å². The summed E-state index contributed by atoms with van der Waals surface area (Å²) in [5, 5.41) is 3.37. The predicted molar refractivity (Wildman–Crippen MR) is 69.1 cm³/mol. The van der Waals surface area contributed by atoms with Crippen molar-refractivity contribution in [3.8, 4) is 0 Å². The van der Waals surface area contributed by atoms with Crippen LogP contribution in [0.3, 0.4) is 0 Å². The van der Waals surface area contributed by atoms with Crippen molar-refractivity contribution < 1.29 is 9.47 Å². The molecule has 0 bridgehead atoms. The van der Waals surface area contributed by atoms with Gasteiger partial charge in [-0.15, -0.1) is 0 Å². The summed E-state index contributed by atoms with van der Waals surface area (Å²) >= 11 is 0. The maximum absolute atomic E-state index is 5.66. The van der Waals surface area contributed by atoms with E-state index in [0.29, 0.717) is 0 Å². The molecule has 1 aromatic rings. The number of benzene rings is 1. The van der Waals surface area contributed by atoms with Gasteiger partial charge >= 0.3 is 0 Å². The summed E-state index contributed by atoms with van der Waals surface area (Å²) in [6, 6.07) is 6.40. The number of ether oxygens (including phenoxy) is 2. The average Bonchev–Trinajstić information content (AvgIpc) is 2.70. The maximum Gasteiger partial charge on any atom is 0.0725 e. The van der Waals surface area contributed by atoms with Crippen LogP contribution in [0.15, 0.2) is 18.2 Å². The first kappa shape index (κ1) is 12.4. The minimum Gasteiger partial charge on any atom is -0.383 e. The zero-order valence-corrected chi connectivity index (χ0v) is 10.9. The quantitative estimate of drug-likeness (QED) is 0.814. The largest absolute Gasteiger partial charge is 0.383 e. The molecule has 0 fully saturated rings. The van der Waals surface area contributed by atoms with Gasteiger partial charge in [0.2, 0.25) is 0 Å². The Morgan fingerprint density at radius 2 is 2.00 bits per heavy atom. The zero-order chi connectivity index (χ0) is 12.3. The van der Waals surface area contributed by atoms with Gasteiger partial charge in [0, 0.05) is 12.2 Å². The summed E-state index contributed by atoms with van der Waals surface area (Å²) in [6.07, 6.45) is 0. The monoisotopic (exact) mass is 235 g/mol. The van der Waals surface area contributed by atoms with Crippen LogP contribution in [0.2, 0.25) is 0 Å². The van der Waals surface area contributed by atoms with Crippen molar-refractivity contribution in [1.29, 1.82) is 0 Å². The lowest BCUT2D eigenvalue weighted by Gasteiger charge is -2.19. The topological polar surface area (TPSA) is 30.5 Å². The standard InChI is InChI=1S/C14H21NO2/c1-14(2,3)17-7-6-15-13-5-4-11-9-16-10-12(11)8-13/h4-5,8,15H,6-7,9-10H2,1-3H3. The van der Waals surface area contributed by atoms with Crippen LogP contribution < -0.4 is 5.32 Å². The van der Waals surface area contributed by atoms with Crippen LogP contribution in [0.4, 0.5) is 5.69 Å². The molecule has 3 heteroatoms. The fourth-order valence-electron chi connectivity index (χ4n) is 1.83. The molecule has 0 aliphatic carbocycles. The second kappa shape index (κ2) is 5.07. The van der Waals surface area contributed by atoms with E-state index in [2.05, 4.69) is 44.3 Å². The third-order valence-corrected chi connectivity index (χ3v) is 2.69. The van der Waals surface area contributed by atoms with E-state index < -0.39 is 0 Å². The summed E-state index contributed by atoms with van der Waals surface area (Å²) in [6.45, 7) is 9.25. The molecule has 1 aromatic carbocycles. The second-order valence-corrected chi connectivity index (χ2v) is 5.36. The third-order valence-electron chi connectivity index (χ3n) is 2.69. The Balaban J connectivity index is 1.80. The van der Waals surface area contributed by atoms with E-state index in [-0.39, 0.29) is 5.60 Å². The van der Waals surface area contributed by atoms with E-state index >= 15 is 0 Å². The van der Waals surface area contributed by atoms with Gasteiger partial charge in [-0.25, -0.2) is 0 Å². The fourth-order valence-corrected chi connectivity index (χ4v) is 1.83. The molecule has 0 spiro atoms. The van der Waals surface area contributed by atoms with Crippen molar-refractivity contribution in [2.75, 3.05) is 18.5 Å². The normalized spacial score (nSPS) is 14.8. The number of anilines is 1. The van der Waals surface area contributed by atoms with Gasteiger partial charge in [0.1, 0.15) is 0 Å². The van der Waals surface area contributed by atoms with Gasteiger partial charge in [-0.3, -0.25) is 0 Å². The predicted octanol–water partition coefficient (Wildman–Crippen LogP) is 2.94. The lowest BCUT2D eigenvalue weighted by Crippen LogP contribution is -2.23. The van der Waals surface area contributed by atoms with Crippen LogP contribution in [0.5, 0.6) is 0 Å². The molecule has 1 aliphatic heterocycles. The molecule has 3 nitrogen and oxygen atoms in total. The molecule has 17 heavy (non-hydrogen) atoms.